The lowest BCUT2D eigenvalue weighted by Crippen LogP contribution is -2.36. The van der Waals surface area contributed by atoms with Crippen LogP contribution in [-0.2, 0) is 18.2 Å². The predicted octanol–water partition coefficient (Wildman–Crippen LogP) is 1.89. The number of nitrogens with zero attached hydrogens (tertiary/aromatic N) is 3. The number of benzene rings is 1. The van der Waals surface area contributed by atoms with Gasteiger partial charge in [-0.1, -0.05) is 12.1 Å². The van der Waals surface area contributed by atoms with Crippen LogP contribution < -0.4 is 0 Å². The Kier molecular flexibility index (Phi) is 4.71. The Morgan fingerprint density at radius 1 is 1.39 bits per heavy atom. The van der Waals surface area contributed by atoms with Crippen molar-refractivity contribution in [1.82, 2.24) is 14.7 Å². The number of halogens is 1. The van der Waals surface area contributed by atoms with Crippen LogP contribution in [-0.4, -0.2) is 46.9 Å². The van der Waals surface area contributed by atoms with Crippen LogP contribution >= 0.6 is 0 Å². The average molecular weight is 317 g/mol. The molecule has 1 amide bonds. The van der Waals surface area contributed by atoms with Gasteiger partial charge in [0.05, 0.1) is 25.0 Å². The number of hydrogen-bond donors (Lipinski definition) is 0. The normalized spacial score (nSPS) is 18.7. The summed E-state index contributed by atoms with van der Waals surface area (Å²) in [7, 11) is 1.79. The Labute approximate surface area is 134 Å². The van der Waals surface area contributed by atoms with Crippen molar-refractivity contribution in [1.29, 1.82) is 0 Å². The molecule has 0 bridgehead atoms. The maximum Gasteiger partial charge on any atom is 0.257 e. The molecule has 23 heavy (non-hydrogen) atoms. The molecule has 3 rings (SSSR count). The van der Waals surface area contributed by atoms with Crippen molar-refractivity contribution in [2.75, 3.05) is 26.3 Å². The van der Waals surface area contributed by atoms with Crippen LogP contribution in [0.3, 0.4) is 0 Å². The van der Waals surface area contributed by atoms with Gasteiger partial charge in [0.25, 0.3) is 5.91 Å². The molecule has 0 radical (unpaired) electrons. The van der Waals surface area contributed by atoms with Gasteiger partial charge in [0.2, 0.25) is 0 Å². The Hall–Kier alpha value is -2.21. The van der Waals surface area contributed by atoms with Crippen molar-refractivity contribution in [3.05, 3.63) is 53.6 Å². The van der Waals surface area contributed by atoms with Gasteiger partial charge in [-0.3, -0.25) is 9.48 Å². The number of carbonyl (C=O) groups is 1. The van der Waals surface area contributed by atoms with Crippen molar-refractivity contribution < 1.29 is 13.9 Å². The minimum Gasteiger partial charge on any atom is -0.379 e. The molecule has 2 heterocycles. The maximum absolute atomic E-state index is 13.0. The van der Waals surface area contributed by atoms with Gasteiger partial charge in [0, 0.05) is 32.3 Å². The summed E-state index contributed by atoms with van der Waals surface area (Å²) in [4.78, 5) is 14.4. The molecule has 6 heteroatoms. The second-order valence-electron chi connectivity index (χ2n) is 5.93. The van der Waals surface area contributed by atoms with Crippen LogP contribution in [0.15, 0.2) is 36.7 Å². The van der Waals surface area contributed by atoms with Gasteiger partial charge in [0.15, 0.2) is 0 Å². The third-order valence-corrected chi connectivity index (χ3v) is 4.01. The van der Waals surface area contributed by atoms with Crippen LogP contribution in [0.1, 0.15) is 15.9 Å². The van der Waals surface area contributed by atoms with E-state index in [2.05, 4.69) is 5.10 Å². The van der Waals surface area contributed by atoms with E-state index >= 15 is 0 Å². The van der Waals surface area contributed by atoms with E-state index in [0.29, 0.717) is 31.9 Å². The molecular formula is C17H20FN3O2. The third kappa shape index (κ3) is 3.96. The van der Waals surface area contributed by atoms with E-state index < -0.39 is 0 Å². The standard InChI is InChI=1S/C17H20FN3O2/c1-20-11-15(9-19-20)17(22)21-6-7-23-12-14(10-21)8-13-2-4-16(18)5-3-13/h2-5,9,11,14H,6-8,10,12H2,1H3/t14-/m1/s1. The highest BCUT2D eigenvalue weighted by Gasteiger charge is 2.24. The first-order valence-corrected chi connectivity index (χ1v) is 7.72. The number of rotatable bonds is 3. The van der Waals surface area contributed by atoms with Crippen LogP contribution in [0.2, 0.25) is 0 Å². The van der Waals surface area contributed by atoms with E-state index in [1.165, 1.54) is 12.1 Å². The smallest absolute Gasteiger partial charge is 0.257 e. The summed E-state index contributed by atoms with van der Waals surface area (Å²) in [6, 6.07) is 6.50. The highest BCUT2D eigenvalue weighted by atomic mass is 19.1. The molecule has 0 saturated carbocycles. The summed E-state index contributed by atoms with van der Waals surface area (Å²) >= 11 is 0. The quantitative estimate of drug-likeness (QED) is 0.868. The average Bonchev–Trinajstić information content (AvgIpc) is 2.84. The van der Waals surface area contributed by atoms with Crippen molar-refractivity contribution >= 4 is 5.91 Å². The largest absolute Gasteiger partial charge is 0.379 e. The molecule has 0 aliphatic carbocycles. The first kappa shape index (κ1) is 15.7. The van der Waals surface area contributed by atoms with Crippen molar-refractivity contribution in [3.63, 3.8) is 0 Å². The zero-order chi connectivity index (χ0) is 16.2. The molecule has 1 aliphatic rings. The van der Waals surface area contributed by atoms with E-state index in [1.54, 1.807) is 36.3 Å². The van der Waals surface area contributed by atoms with E-state index in [1.807, 2.05) is 4.90 Å². The molecule has 1 saturated heterocycles. The molecule has 1 atom stereocenters. The van der Waals surface area contributed by atoms with Gasteiger partial charge in [-0.05, 0) is 24.1 Å². The zero-order valence-electron chi connectivity index (χ0n) is 13.1. The van der Waals surface area contributed by atoms with Crippen LogP contribution in [0.4, 0.5) is 4.39 Å². The molecule has 0 unspecified atom stereocenters. The molecule has 5 nitrogen and oxygen atoms in total. The van der Waals surface area contributed by atoms with Gasteiger partial charge in [-0.25, -0.2) is 4.39 Å². The van der Waals surface area contributed by atoms with Crippen molar-refractivity contribution in [2.45, 2.75) is 6.42 Å². The lowest BCUT2D eigenvalue weighted by molar-refractivity contribution is 0.0737. The fourth-order valence-corrected chi connectivity index (χ4v) is 2.86. The Morgan fingerprint density at radius 3 is 2.87 bits per heavy atom. The lowest BCUT2D eigenvalue weighted by Gasteiger charge is -2.23. The summed E-state index contributed by atoms with van der Waals surface area (Å²) in [6.07, 6.45) is 4.07. The molecule has 1 fully saturated rings. The summed E-state index contributed by atoms with van der Waals surface area (Å²) in [5.74, 6) is -0.0597. The third-order valence-electron chi connectivity index (χ3n) is 4.01. The molecule has 0 N–H and O–H groups in total. The monoisotopic (exact) mass is 317 g/mol. The topological polar surface area (TPSA) is 47.4 Å². The van der Waals surface area contributed by atoms with E-state index in [0.717, 1.165) is 12.0 Å². The molecule has 1 aromatic carbocycles. The minimum atomic E-state index is -0.237. The minimum absolute atomic E-state index is 0.0206. The van der Waals surface area contributed by atoms with E-state index in [4.69, 9.17) is 4.74 Å². The molecular weight excluding hydrogens is 297 g/mol. The Bertz CT molecular complexity index is 669. The number of ether oxygens (including phenoxy) is 1. The Morgan fingerprint density at radius 2 is 2.17 bits per heavy atom. The van der Waals surface area contributed by atoms with Gasteiger partial charge in [0.1, 0.15) is 5.82 Å². The molecule has 1 aromatic heterocycles. The fourth-order valence-electron chi connectivity index (χ4n) is 2.86. The zero-order valence-corrected chi connectivity index (χ0v) is 13.1. The maximum atomic E-state index is 13.0. The van der Waals surface area contributed by atoms with Crippen LogP contribution in [0, 0.1) is 11.7 Å². The molecule has 122 valence electrons. The van der Waals surface area contributed by atoms with Gasteiger partial charge < -0.3 is 9.64 Å². The van der Waals surface area contributed by atoms with Crippen LogP contribution in [0.5, 0.6) is 0 Å². The molecule has 0 spiro atoms. The first-order chi connectivity index (χ1) is 11.1. The fraction of sp³-hybridized carbons (Fsp3) is 0.412. The summed E-state index contributed by atoms with van der Waals surface area (Å²) in [5.41, 5.74) is 1.64. The van der Waals surface area contributed by atoms with Crippen LogP contribution in [0.25, 0.3) is 0 Å². The Balaban J connectivity index is 1.68. The van der Waals surface area contributed by atoms with Gasteiger partial charge in [-0.2, -0.15) is 5.10 Å². The lowest BCUT2D eigenvalue weighted by atomic mass is 9.99. The van der Waals surface area contributed by atoms with Crippen molar-refractivity contribution in [2.24, 2.45) is 13.0 Å². The predicted molar refractivity (Wildman–Crippen MR) is 83.5 cm³/mol. The number of amides is 1. The van der Waals surface area contributed by atoms with Gasteiger partial charge in [-0.15, -0.1) is 0 Å². The molecule has 2 aromatic rings. The number of aryl methyl sites for hydroxylation is 1. The van der Waals surface area contributed by atoms with E-state index in [9.17, 15) is 9.18 Å². The SMILES string of the molecule is Cn1cc(C(=O)N2CCOC[C@H](Cc3ccc(F)cc3)C2)cn1. The van der Waals surface area contributed by atoms with E-state index in [-0.39, 0.29) is 17.6 Å². The van der Waals surface area contributed by atoms with Gasteiger partial charge >= 0.3 is 0 Å². The second kappa shape index (κ2) is 6.91. The molecule has 1 aliphatic heterocycles. The summed E-state index contributed by atoms with van der Waals surface area (Å²) < 4.78 is 20.3. The highest BCUT2D eigenvalue weighted by molar-refractivity contribution is 5.93. The highest BCUT2D eigenvalue weighted by Crippen LogP contribution is 2.16. The number of hydrogen-bond acceptors (Lipinski definition) is 3. The number of aromatic nitrogens is 2. The second-order valence-corrected chi connectivity index (χ2v) is 5.93. The summed E-state index contributed by atoms with van der Waals surface area (Å²) in [5, 5.41) is 4.05. The number of carbonyl (C=O) groups excluding carboxylic acids is 1. The first-order valence-electron chi connectivity index (χ1n) is 7.72. The summed E-state index contributed by atoms with van der Waals surface area (Å²) in [6.45, 7) is 2.35. The van der Waals surface area contributed by atoms with Crippen molar-refractivity contribution in [3.8, 4) is 0 Å².